The first kappa shape index (κ1) is 12.0. The Morgan fingerprint density at radius 3 is 2.71 bits per heavy atom. The van der Waals surface area contributed by atoms with Crippen molar-refractivity contribution in [3.8, 4) is 0 Å². The number of hydrogen-bond donors (Lipinski definition) is 2. The molecule has 3 N–H and O–H groups in total. The van der Waals surface area contributed by atoms with Crippen molar-refractivity contribution in [2.45, 2.75) is 32.5 Å². The topological polar surface area (TPSA) is 64.3 Å². The van der Waals surface area contributed by atoms with Gasteiger partial charge in [-0.3, -0.25) is 0 Å². The molecule has 92 valence electrons. The van der Waals surface area contributed by atoms with Crippen LogP contribution in [0.2, 0.25) is 0 Å². The fraction of sp³-hybridized carbons (Fsp3) is 0.385. The molecule has 2 heterocycles. The molecular formula is C13H18N2O2. The summed E-state index contributed by atoms with van der Waals surface area (Å²) in [4.78, 5) is 0. The van der Waals surface area contributed by atoms with Crippen molar-refractivity contribution in [2.24, 2.45) is 5.73 Å². The van der Waals surface area contributed by atoms with E-state index in [2.05, 4.69) is 12.2 Å². The zero-order chi connectivity index (χ0) is 12.1. The van der Waals surface area contributed by atoms with Crippen LogP contribution >= 0.6 is 0 Å². The van der Waals surface area contributed by atoms with Crippen LogP contribution < -0.4 is 11.1 Å². The van der Waals surface area contributed by atoms with E-state index < -0.39 is 0 Å². The average molecular weight is 234 g/mol. The number of rotatable bonds is 6. The lowest BCUT2D eigenvalue weighted by atomic mass is 10.2. The molecule has 0 spiro atoms. The van der Waals surface area contributed by atoms with Gasteiger partial charge in [-0.05, 0) is 31.2 Å². The van der Waals surface area contributed by atoms with Crippen molar-refractivity contribution in [2.75, 3.05) is 0 Å². The third kappa shape index (κ3) is 3.47. The second kappa shape index (κ2) is 5.70. The second-order valence-corrected chi connectivity index (χ2v) is 4.14. The van der Waals surface area contributed by atoms with E-state index in [1.165, 1.54) is 0 Å². The quantitative estimate of drug-likeness (QED) is 0.803. The lowest BCUT2D eigenvalue weighted by Crippen LogP contribution is -2.27. The third-order valence-electron chi connectivity index (χ3n) is 2.63. The van der Waals surface area contributed by atoms with Crippen LogP contribution in [0.4, 0.5) is 0 Å². The molecule has 0 aliphatic heterocycles. The van der Waals surface area contributed by atoms with Gasteiger partial charge in [-0.15, -0.1) is 0 Å². The van der Waals surface area contributed by atoms with Crippen molar-refractivity contribution in [1.29, 1.82) is 0 Å². The smallest absolute Gasteiger partial charge is 0.118 e. The van der Waals surface area contributed by atoms with Gasteiger partial charge >= 0.3 is 0 Å². The van der Waals surface area contributed by atoms with Crippen LogP contribution in [0.1, 0.15) is 24.2 Å². The molecule has 2 aromatic rings. The van der Waals surface area contributed by atoms with E-state index in [4.69, 9.17) is 14.6 Å². The van der Waals surface area contributed by atoms with Crippen LogP contribution in [0.3, 0.4) is 0 Å². The van der Waals surface area contributed by atoms with Crippen LogP contribution in [-0.2, 0) is 19.5 Å². The molecule has 4 heteroatoms. The minimum atomic E-state index is 0.340. The van der Waals surface area contributed by atoms with Crippen molar-refractivity contribution in [3.63, 3.8) is 0 Å². The molecule has 0 saturated heterocycles. The Morgan fingerprint density at radius 2 is 2.06 bits per heavy atom. The minimum absolute atomic E-state index is 0.340. The normalized spacial score (nSPS) is 12.8. The summed E-state index contributed by atoms with van der Waals surface area (Å²) in [7, 11) is 0. The van der Waals surface area contributed by atoms with Gasteiger partial charge in [-0.25, -0.2) is 0 Å². The highest BCUT2D eigenvalue weighted by atomic mass is 16.3. The lowest BCUT2D eigenvalue weighted by Gasteiger charge is -2.10. The molecule has 2 rings (SSSR count). The van der Waals surface area contributed by atoms with Crippen LogP contribution in [-0.4, -0.2) is 6.04 Å². The predicted molar refractivity (Wildman–Crippen MR) is 65.3 cm³/mol. The molecule has 0 radical (unpaired) electrons. The minimum Gasteiger partial charge on any atom is -0.469 e. The summed E-state index contributed by atoms with van der Waals surface area (Å²) in [5.41, 5.74) is 5.48. The van der Waals surface area contributed by atoms with Gasteiger partial charge in [0, 0.05) is 12.5 Å². The van der Waals surface area contributed by atoms with Gasteiger partial charge in [0.05, 0.1) is 19.4 Å². The van der Waals surface area contributed by atoms with E-state index >= 15 is 0 Å². The molecule has 0 saturated carbocycles. The summed E-state index contributed by atoms with van der Waals surface area (Å²) in [6.45, 7) is 3.28. The molecule has 0 amide bonds. The summed E-state index contributed by atoms with van der Waals surface area (Å²) in [6, 6.07) is 8.09. The molecular weight excluding hydrogens is 216 g/mol. The summed E-state index contributed by atoms with van der Waals surface area (Å²) < 4.78 is 10.8. The highest BCUT2D eigenvalue weighted by molar-refractivity contribution is 5.07. The lowest BCUT2D eigenvalue weighted by molar-refractivity contribution is 0.413. The Kier molecular flexibility index (Phi) is 4.01. The molecule has 2 aromatic heterocycles. The van der Waals surface area contributed by atoms with E-state index in [0.29, 0.717) is 19.1 Å². The van der Waals surface area contributed by atoms with Gasteiger partial charge in [0.15, 0.2) is 0 Å². The van der Waals surface area contributed by atoms with E-state index in [1.807, 2.05) is 24.3 Å². The van der Waals surface area contributed by atoms with Gasteiger partial charge < -0.3 is 19.9 Å². The molecule has 1 atom stereocenters. The summed E-state index contributed by atoms with van der Waals surface area (Å²) in [5, 5.41) is 3.38. The first-order valence-electron chi connectivity index (χ1n) is 5.81. The molecule has 0 fully saturated rings. The van der Waals surface area contributed by atoms with E-state index in [-0.39, 0.29) is 0 Å². The van der Waals surface area contributed by atoms with Crippen molar-refractivity contribution in [3.05, 3.63) is 47.8 Å². The van der Waals surface area contributed by atoms with Crippen LogP contribution in [0, 0.1) is 0 Å². The number of furan rings is 2. The first-order chi connectivity index (χ1) is 8.28. The van der Waals surface area contributed by atoms with Gasteiger partial charge in [-0.2, -0.15) is 0 Å². The zero-order valence-corrected chi connectivity index (χ0v) is 9.98. The highest BCUT2D eigenvalue weighted by Crippen LogP contribution is 2.08. The van der Waals surface area contributed by atoms with Gasteiger partial charge in [0.1, 0.15) is 17.3 Å². The van der Waals surface area contributed by atoms with E-state index in [1.54, 1.807) is 6.26 Å². The standard InChI is InChI=1S/C13H18N2O2/c1-10(7-11-3-2-6-16-11)15-9-13-5-4-12(8-14)17-13/h2-6,10,15H,7-9,14H2,1H3. The first-order valence-corrected chi connectivity index (χ1v) is 5.81. The maximum Gasteiger partial charge on any atom is 0.118 e. The van der Waals surface area contributed by atoms with Gasteiger partial charge in [0.2, 0.25) is 0 Å². The van der Waals surface area contributed by atoms with Gasteiger partial charge in [-0.1, -0.05) is 0 Å². The summed E-state index contributed by atoms with van der Waals surface area (Å²) in [5.74, 6) is 2.73. The Bertz CT molecular complexity index is 434. The molecule has 0 aliphatic carbocycles. The SMILES string of the molecule is CC(Cc1ccco1)NCc1ccc(CN)o1. The molecule has 1 unspecified atom stereocenters. The van der Waals surface area contributed by atoms with E-state index in [9.17, 15) is 0 Å². The molecule has 4 nitrogen and oxygen atoms in total. The highest BCUT2D eigenvalue weighted by Gasteiger charge is 2.06. The predicted octanol–water partition coefficient (Wildman–Crippen LogP) is 2.05. The number of nitrogens with one attached hydrogen (secondary N) is 1. The van der Waals surface area contributed by atoms with Crippen LogP contribution in [0.5, 0.6) is 0 Å². The second-order valence-electron chi connectivity index (χ2n) is 4.14. The number of hydrogen-bond acceptors (Lipinski definition) is 4. The Morgan fingerprint density at radius 1 is 1.24 bits per heavy atom. The molecule has 17 heavy (non-hydrogen) atoms. The summed E-state index contributed by atoms with van der Waals surface area (Å²) in [6.07, 6.45) is 2.57. The van der Waals surface area contributed by atoms with Crippen molar-refractivity contribution >= 4 is 0 Å². The van der Waals surface area contributed by atoms with Gasteiger partial charge in [0.25, 0.3) is 0 Å². The zero-order valence-electron chi connectivity index (χ0n) is 9.98. The van der Waals surface area contributed by atoms with Crippen molar-refractivity contribution in [1.82, 2.24) is 5.32 Å². The monoisotopic (exact) mass is 234 g/mol. The molecule has 0 aliphatic rings. The maximum absolute atomic E-state index is 5.51. The third-order valence-corrected chi connectivity index (χ3v) is 2.63. The molecule has 0 aromatic carbocycles. The van der Waals surface area contributed by atoms with E-state index in [0.717, 1.165) is 23.7 Å². The van der Waals surface area contributed by atoms with Crippen molar-refractivity contribution < 1.29 is 8.83 Å². The largest absolute Gasteiger partial charge is 0.469 e. The maximum atomic E-state index is 5.51. The molecule has 0 bridgehead atoms. The average Bonchev–Trinajstić information content (AvgIpc) is 2.96. The van der Waals surface area contributed by atoms with Crippen LogP contribution in [0.25, 0.3) is 0 Å². The fourth-order valence-corrected chi connectivity index (χ4v) is 1.70. The Balaban J connectivity index is 1.77. The Labute approximate surface area is 101 Å². The fourth-order valence-electron chi connectivity index (χ4n) is 1.70. The Hall–Kier alpha value is -1.52. The summed E-state index contributed by atoms with van der Waals surface area (Å²) >= 11 is 0. The van der Waals surface area contributed by atoms with Crippen LogP contribution in [0.15, 0.2) is 39.4 Å². The number of nitrogens with two attached hydrogens (primary N) is 1.